The van der Waals surface area contributed by atoms with Gasteiger partial charge in [-0.3, -0.25) is 9.36 Å². The highest BCUT2D eigenvalue weighted by Crippen LogP contribution is 2.27. The van der Waals surface area contributed by atoms with Gasteiger partial charge in [-0.1, -0.05) is 74.1 Å². The summed E-state index contributed by atoms with van der Waals surface area (Å²) >= 11 is 1.36. The lowest BCUT2D eigenvalue weighted by Gasteiger charge is -2.13. The van der Waals surface area contributed by atoms with E-state index in [1.54, 1.807) is 6.26 Å². The van der Waals surface area contributed by atoms with Gasteiger partial charge in [-0.15, -0.1) is 10.2 Å². The summed E-state index contributed by atoms with van der Waals surface area (Å²) in [7, 11) is 0. The van der Waals surface area contributed by atoms with Crippen LogP contribution in [0.1, 0.15) is 30.9 Å². The Morgan fingerprint density at radius 2 is 1.81 bits per heavy atom. The van der Waals surface area contributed by atoms with Crippen LogP contribution < -0.4 is 5.32 Å². The van der Waals surface area contributed by atoms with Crippen molar-refractivity contribution in [3.8, 4) is 11.6 Å². The molecule has 4 rings (SSSR count). The van der Waals surface area contributed by atoms with Gasteiger partial charge in [0.15, 0.2) is 10.9 Å². The number of anilines is 1. The van der Waals surface area contributed by atoms with E-state index in [9.17, 15) is 4.79 Å². The second-order valence-corrected chi connectivity index (χ2v) is 8.38. The van der Waals surface area contributed by atoms with E-state index in [1.807, 2.05) is 59.2 Å². The number of amides is 1. The second-order valence-electron chi connectivity index (χ2n) is 7.43. The third-order valence-corrected chi connectivity index (χ3v) is 5.80. The van der Waals surface area contributed by atoms with Crippen LogP contribution in [0.15, 0.2) is 82.6 Å². The van der Waals surface area contributed by atoms with Crippen molar-refractivity contribution >= 4 is 23.4 Å². The predicted molar refractivity (Wildman–Crippen MR) is 123 cm³/mol. The van der Waals surface area contributed by atoms with E-state index in [-0.39, 0.29) is 11.7 Å². The first kappa shape index (κ1) is 20.9. The SMILES string of the molecule is CC(C)c1ccccc1NC(=O)CSc1nnc(-c2ccco2)n1Cc1ccccc1. The molecule has 0 aliphatic heterocycles. The van der Waals surface area contributed by atoms with Crippen molar-refractivity contribution in [2.75, 3.05) is 11.1 Å². The minimum absolute atomic E-state index is 0.0769. The molecule has 0 spiro atoms. The minimum Gasteiger partial charge on any atom is -0.461 e. The van der Waals surface area contributed by atoms with Gasteiger partial charge in [0, 0.05) is 5.69 Å². The van der Waals surface area contributed by atoms with Crippen molar-refractivity contribution < 1.29 is 9.21 Å². The highest BCUT2D eigenvalue weighted by molar-refractivity contribution is 7.99. The van der Waals surface area contributed by atoms with E-state index >= 15 is 0 Å². The van der Waals surface area contributed by atoms with Gasteiger partial charge in [-0.25, -0.2) is 0 Å². The van der Waals surface area contributed by atoms with Crippen LogP contribution >= 0.6 is 11.8 Å². The molecule has 7 heteroatoms. The van der Waals surface area contributed by atoms with Crippen LogP contribution in [0, 0.1) is 0 Å². The molecule has 1 amide bonds. The molecule has 158 valence electrons. The van der Waals surface area contributed by atoms with Crippen molar-refractivity contribution in [1.29, 1.82) is 0 Å². The number of rotatable bonds is 8. The highest BCUT2D eigenvalue weighted by Gasteiger charge is 2.18. The molecule has 0 radical (unpaired) electrons. The zero-order chi connectivity index (χ0) is 21.6. The van der Waals surface area contributed by atoms with Gasteiger partial charge >= 0.3 is 0 Å². The number of carbonyl (C=O) groups excluding carboxylic acids is 1. The summed E-state index contributed by atoms with van der Waals surface area (Å²) in [4.78, 5) is 12.7. The fourth-order valence-electron chi connectivity index (χ4n) is 3.32. The van der Waals surface area contributed by atoms with Crippen molar-refractivity contribution in [2.24, 2.45) is 0 Å². The molecule has 0 atom stereocenters. The third kappa shape index (κ3) is 5.06. The molecule has 0 saturated carbocycles. The summed E-state index contributed by atoms with van der Waals surface area (Å²) in [5.74, 6) is 1.77. The maximum atomic E-state index is 12.7. The number of nitrogens with zero attached hydrogens (tertiary/aromatic N) is 3. The van der Waals surface area contributed by atoms with Crippen LogP contribution in [0.5, 0.6) is 0 Å². The maximum absolute atomic E-state index is 12.7. The molecule has 0 fully saturated rings. The molecule has 6 nitrogen and oxygen atoms in total. The van der Waals surface area contributed by atoms with Crippen molar-refractivity contribution in [3.63, 3.8) is 0 Å². The van der Waals surface area contributed by atoms with Crippen LogP contribution in [-0.4, -0.2) is 26.4 Å². The number of thioether (sulfide) groups is 1. The Kier molecular flexibility index (Phi) is 6.52. The topological polar surface area (TPSA) is 73.0 Å². The second kappa shape index (κ2) is 9.66. The van der Waals surface area contributed by atoms with E-state index in [0.29, 0.717) is 29.2 Å². The maximum Gasteiger partial charge on any atom is 0.234 e. The lowest BCUT2D eigenvalue weighted by molar-refractivity contribution is -0.113. The van der Waals surface area contributed by atoms with Gasteiger partial charge in [-0.2, -0.15) is 0 Å². The molecule has 0 bridgehead atoms. The highest BCUT2D eigenvalue weighted by atomic mass is 32.2. The first-order valence-electron chi connectivity index (χ1n) is 10.1. The summed E-state index contributed by atoms with van der Waals surface area (Å²) in [5.41, 5.74) is 3.09. The third-order valence-electron chi connectivity index (χ3n) is 4.83. The zero-order valence-corrected chi connectivity index (χ0v) is 18.3. The number of para-hydroxylation sites is 1. The Balaban J connectivity index is 1.51. The van der Waals surface area contributed by atoms with Gasteiger partial charge in [0.1, 0.15) is 0 Å². The van der Waals surface area contributed by atoms with E-state index in [2.05, 4.69) is 41.5 Å². The van der Waals surface area contributed by atoms with Crippen LogP contribution in [0.4, 0.5) is 5.69 Å². The standard InChI is InChI=1S/C24H24N4O2S/c1-17(2)19-11-6-7-12-20(19)25-22(29)16-31-24-27-26-23(21-13-8-14-30-21)28(24)15-18-9-4-3-5-10-18/h3-14,17H,15-16H2,1-2H3,(H,25,29). The number of aromatic nitrogens is 3. The fraction of sp³-hybridized carbons (Fsp3) is 0.208. The number of carbonyl (C=O) groups is 1. The Bertz CT molecular complexity index is 1140. The molecular formula is C24H24N4O2S. The lowest BCUT2D eigenvalue weighted by Crippen LogP contribution is -2.16. The molecule has 2 heterocycles. The molecule has 4 aromatic rings. The van der Waals surface area contributed by atoms with Gasteiger partial charge in [0.05, 0.1) is 18.6 Å². The summed E-state index contributed by atoms with van der Waals surface area (Å²) < 4.78 is 7.52. The average Bonchev–Trinajstić information content (AvgIpc) is 3.43. The van der Waals surface area contributed by atoms with Crippen LogP contribution in [-0.2, 0) is 11.3 Å². The summed E-state index contributed by atoms with van der Waals surface area (Å²) in [6, 6.07) is 21.7. The number of furan rings is 1. The molecule has 31 heavy (non-hydrogen) atoms. The largest absolute Gasteiger partial charge is 0.461 e. The minimum atomic E-state index is -0.0769. The smallest absolute Gasteiger partial charge is 0.234 e. The van der Waals surface area contributed by atoms with Crippen LogP contribution in [0.2, 0.25) is 0 Å². The van der Waals surface area contributed by atoms with E-state index < -0.39 is 0 Å². The van der Waals surface area contributed by atoms with Crippen LogP contribution in [0.25, 0.3) is 11.6 Å². The summed E-state index contributed by atoms with van der Waals surface area (Å²) in [5, 5.41) is 12.3. The summed E-state index contributed by atoms with van der Waals surface area (Å²) in [6.45, 7) is 4.81. The van der Waals surface area contributed by atoms with Crippen molar-refractivity contribution in [1.82, 2.24) is 14.8 Å². The van der Waals surface area contributed by atoms with Gasteiger partial charge in [0.2, 0.25) is 11.7 Å². The number of hydrogen-bond donors (Lipinski definition) is 1. The molecular weight excluding hydrogens is 408 g/mol. The van der Waals surface area contributed by atoms with E-state index in [4.69, 9.17) is 4.42 Å². The molecule has 2 aromatic carbocycles. The molecule has 0 aliphatic carbocycles. The first-order chi connectivity index (χ1) is 15.1. The van der Waals surface area contributed by atoms with Gasteiger partial charge < -0.3 is 9.73 Å². The molecule has 0 saturated heterocycles. The van der Waals surface area contributed by atoms with E-state index in [1.165, 1.54) is 11.8 Å². The molecule has 1 N–H and O–H groups in total. The monoisotopic (exact) mass is 432 g/mol. The number of nitrogens with one attached hydrogen (secondary N) is 1. The Labute approximate surface area is 185 Å². The normalized spacial score (nSPS) is 11.1. The molecule has 2 aromatic heterocycles. The number of hydrogen-bond acceptors (Lipinski definition) is 5. The molecule has 0 unspecified atom stereocenters. The number of benzene rings is 2. The predicted octanol–water partition coefficient (Wildman–Crippen LogP) is 5.44. The first-order valence-corrected chi connectivity index (χ1v) is 11.1. The average molecular weight is 433 g/mol. The fourth-order valence-corrected chi connectivity index (χ4v) is 4.06. The Morgan fingerprint density at radius 1 is 1.03 bits per heavy atom. The zero-order valence-electron chi connectivity index (χ0n) is 17.5. The Hall–Kier alpha value is -3.32. The molecule has 0 aliphatic rings. The van der Waals surface area contributed by atoms with Crippen molar-refractivity contribution in [3.05, 3.63) is 84.1 Å². The van der Waals surface area contributed by atoms with Gasteiger partial charge in [0.25, 0.3) is 0 Å². The van der Waals surface area contributed by atoms with Gasteiger partial charge in [-0.05, 0) is 35.2 Å². The van der Waals surface area contributed by atoms with Crippen LogP contribution in [0.3, 0.4) is 0 Å². The van der Waals surface area contributed by atoms with Crippen molar-refractivity contribution in [2.45, 2.75) is 31.5 Å². The summed E-state index contributed by atoms with van der Waals surface area (Å²) in [6.07, 6.45) is 1.61. The quantitative estimate of drug-likeness (QED) is 0.375. The Morgan fingerprint density at radius 3 is 2.55 bits per heavy atom. The lowest BCUT2D eigenvalue weighted by atomic mass is 10.0. The van der Waals surface area contributed by atoms with E-state index in [0.717, 1.165) is 16.8 Å².